The topological polar surface area (TPSA) is 67.8 Å². The molecule has 2 rings (SSSR count). The number of benzene rings is 2. The summed E-state index contributed by atoms with van der Waals surface area (Å²) in [5.41, 5.74) is 5.58. The number of rotatable bonds is 3. The third-order valence-corrected chi connectivity index (χ3v) is 2.99. The van der Waals surface area contributed by atoms with Crippen LogP contribution < -0.4 is 10.5 Å². The monoisotopic (exact) mass is 314 g/mol. The van der Waals surface area contributed by atoms with E-state index in [-0.39, 0.29) is 22.9 Å². The lowest BCUT2D eigenvalue weighted by molar-refractivity contribution is 0.318. The number of hydrogen-bond acceptors (Lipinski definition) is 3. The Morgan fingerprint density at radius 1 is 1.15 bits per heavy atom. The normalized spacial score (nSPS) is 11.4. The van der Waals surface area contributed by atoms with Crippen molar-refractivity contribution in [1.29, 1.82) is 0 Å². The predicted molar refractivity (Wildman–Crippen MR) is 75.4 cm³/mol. The number of nitrogens with zero attached hydrogens (tertiary/aromatic N) is 1. The maximum absolute atomic E-state index is 13.2. The van der Waals surface area contributed by atoms with Crippen LogP contribution >= 0.6 is 23.2 Å². The van der Waals surface area contributed by atoms with Crippen molar-refractivity contribution in [2.75, 3.05) is 0 Å². The molecule has 4 nitrogen and oxygen atoms in total. The van der Waals surface area contributed by atoms with Crippen LogP contribution in [-0.2, 0) is 0 Å². The van der Waals surface area contributed by atoms with Gasteiger partial charge < -0.3 is 15.7 Å². The van der Waals surface area contributed by atoms with Crippen LogP contribution in [0.4, 0.5) is 4.39 Å². The highest BCUT2D eigenvalue weighted by atomic mass is 35.5. The summed E-state index contributed by atoms with van der Waals surface area (Å²) in [5.74, 6) is -0.363. The molecule has 0 aliphatic heterocycles. The molecule has 0 atom stereocenters. The zero-order chi connectivity index (χ0) is 14.7. The van der Waals surface area contributed by atoms with Gasteiger partial charge in [-0.3, -0.25) is 0 Å². The number of hydrogen-bond donors (Lipinski definition) is 2. The van der Waals surface area contributed by atoms with Crippen LogP contribution in [-0.4, -0.2) is 11.0 Å². The molecule has 7 heteroatoms. The standard InChI is InChI=1S/C13H9Cl2FN2O2/c14-7-1-3-10(15)12(5-7)20-11-4-2-8(16)6-9(11)13(17)18-19/h1-6,19H,(H2,17,18). The van der Waals surface area contributed by atoms with Crippen molar-refractivity contribution < 1.29 is 14.3 Å². The minimum absolute atomic E-state index is 0.101. The summed E-state index contributed by atoms with van der Waals surface area (Å²) in [5, 5.41) is 12.3. The lowest BCUT2D eigenvalue weighted by atomic mass is 10.2. The minimum atomic E-state index is -0.545. The first-order valence-electron chi connectivity index (χ1n) is 5.41. The molecule has 0 saturated heterocycles. The highest BCUT2D eigenvalue weighted by molar-refractivity contribution is 6.34. The van der Waals surface area contributed by atoms with Gasteiger partial charge in [0.1, 0.15) is 17.3 Å². The molecule has 0 spiro atoms. The van der Waals surface area contributed by atoms with Gasteiger partial charge in [-0.25, -0.2) is 4.39 Å². The Bertz CT molecular complexity index is 677. The summed E-state index contributed by atoms with van der Waals surface area (Å²) in [6.07, 6.45) is 0. The Labute approximate surface area is 124 Å². The van der Waals surface area contributed by atoms with E-state index in [2.05, 4.69) is 5.16 Å². The largest absolute Gasteiger partial charge is 0.455 e. The number of oxime groups is 1. The molecule has 104 valence electrons. The summed E-state index contributed by atoms with van der Waals surface area (Å²) in [6.45, 7) is 0. The van der Waals surface area contributed by atoms with E-state index in [4.69, 9.17) is 38.9 Å². The van der Waals surface area contributed by atoms with Crippen molar-refractivity contribution >= 4 is 29.0 Å². The third-order valence-electron chi connectivity index (χ3n) is 2.44. The molecule has 3 N–H and O–H groups in total. The lowest BCUT2D eigenvalue weighted by Crippen LogP contribution is -2.14. The summed E-state index contributed by atoms with van der Waals surface area (Å²) in [4.78, 5) is 0. The maximum atomic E-state index is 13.2. The number of ether oxygens (including phenoxy) is 1. The zero-order valence-electron chi connectivity index (χ0n) is 9.98. The van der Waals surface area contributed by atoms with Crippen molar-refractivity contribution in [3.8, 4) is 11.5 Å². The van der Waals surface area contributed by atoms with Gasteiger partial charge in [0.2, 0.25) is 0 Å². The van der Waals surface area contributed by atoms with E-state index in [1.54, 1.807) is 12.1 Å². The second kappa shape index (κ2) is 5.98. The predicted octanol–water partition coefficient (Wildman–Crippen LogP) is 4.02. The van der Waals surface area contributed by atoms with Crippen LogP contribution in [0.25, 0.3) is 0 Å². The van der Waals surface area contributed by atoms with Gasteiger partial charge in [0.15, 0.2) is 5.84 Å². The van der Waals surface area contributed by atoms with Gasteiger partial charge in [0.05, 0.1) is 10.6 Å². The first-order chi connectivity index (χ1) is 9.51. The van der Waals surface area contributed by atoms with Crippen LogP contribution in [0, 0.1) is 5.82 Å². The third kappa shape index (κ3) is 3.12. The van der Waals surface area contributed by atoms with Crippen molar-refractivity contribution in [3.63, 3.8) is 0 Å². The first-order valence-corrected chi connectivity index (χ1v) is 6.17. The molecule has 0 aliphatic rings. The highest BCUT2D eigenvalue weighted by Gasteiger charge is 2.12. The van der Waals surface area contributed by atoms with Crippen LogP contribution in [0.1, 0.15) is 5.56 Å². The molecule has 2 aromatic rings. The second-order valence-electron chi connectivity index (χ2n) is 3.80. The van der Waals surface area contributed by atoms with E-state index in [0.717, 1.165) is 6.07 Å². The van der Waals surface area contributed by atoms with Crippen molar-refractivity contribution in [2.24, 2.45) is 10.9 Å². The number of amidine groups is 1. The van der Waals surface area contributed by atoms with E-state index >= 15 is 0 Å². The lowest BCUT2D eigenvalue weighted by Gasteiger charge is -2.11. The SMILES string of the molecule is NC(=NO)c1cc(F)ccc1Oc1cc(Cl)ccc1Cl. The molecule has 0 aromatic heterocycles. The fourth-order valence-electron chi connectivity index (χ4n) is 1.52. The molecule has 0 amide bonds. The zero-order valence-corrected chi connectivity index (χ0v) is 11.5. The summed E-state index contributed by atoms with van der Waals surface area (Å²) in [7, 11) is 0. The Balaban J connectivity index is 2.46. The summed E-state index contributed by atoms with van der Waals surface area (Å²) < 4.78 is 18.8. The molecular weight excluding hydrogens is 306 g/mol. The van der Waals surface area contributed by atoms with E-state index in [1.807, 2.05) is 0 Å². The smallest absolute Gasteiger partial charge is 0.173 e. The van der Waals surface area contributed by atoms with E-state index in [9.17, 15) is 4.39 Å². The van der Waals surface area contributed by atoms with Gasteiger partial charge in [-0.15, -0.1) is 0 Å². The first kappa shape index (κ1) is 14.4. The minimum Gasteiger partial charge on any atom is -0.455 e. The Hall–Kier alpha value is -1.98. The van der Waals surface area contributed by atoms with Gasteiger partial charge in [-0.05, 0) is 30.3 Å². The van der Waals surface area contributed by atoms with Gasteiger partial charge >= 0.3 is 0 Å². The average Bonchev–Trinajstić information content (AvgIpc) is 2.43. The van der Waals surface area contributed by atoms with E-state index in [0.29, 0.717) is 10.0 Å². The molecule has 0 unspecified atom stereocenters. The van der Waals surface area contributed by atoms with Crippen LogP contribution in [0.2, 0.25) is 10.0 Å². The van der Waals surface area contributed by atoms with Crippen molar-refractivity contribution in [2.45, 2.75) is 0 Å². The molecule has 0 saturated carbocycles. The van der Waals surface area contributed by atoms with Crippen molar-refractivity contribution in [1.82, 2.24) is 0 Å². The van der Waals surface area contributed by atoms with E-state index in [1.165, 1.54) is 18.2 Å². The van der Waals surface area contributed by atoms with Crippen LogP contribution in [0.5, 0.6) is 11.5 Å². The Morgan fingerprint density at radius 2 is 1.90 bits per heavy atom. The van der Waals surface area contributed by atoms with Crippen LogP contribution in [0.3, 0.4) is 0 Å². The van der Waals surface area contributed by atoms with Gasteiger partial charge in [0, 0.05) is 11.1 Å². The molecule has 2 aromatic carbocycles. The number of halogens is 3. The molecule has 0 radical (unpaired) electrons. The fraction of sp³-hybridized carbons (Fsp3) is 0. The maximum Gasteiger partial charge on any atom is 0.173 e. The van der Waals surface area contributed by atoms with Crippen molar-refractivity contribution in [3.05, 3.63) is 57.8 Å². The van der Waals surface area contributed by atoms with Gasteiger partial charge in [0.25, 0.3) is 0 Å². The van der Waals surface area contributed by atoms with Gasteiger partial charge in [-0.1, -0.05) is 28.4 Å². The summed E-state index contributed by atoms with van der Waals surface area (Å²) in [6, 6.07) is 8.28. The molecule has 0 heterocycles. The summed E-state index contributed by atoms with van der Waals surface area (Å²) >= 11 is 11.8. The molecule has 0 bridgehead atoms. The quantitative estimate of drug-likeness (QED) is 0.389. The fourth-order valence-corrected chi connectivity index (χ4v) is 1.84. The highest BCUT2D eigenvalue weighted by Crippen LogP contribution is 2.33. The molecule has 0 aliphatic carbocycles. The van der Waals surface area contributed by atoms with Gasteiger partial charge in [-0.2, -0.15) is 0 Å². The molecule has 20 heavy (non-hydrogen) atoms. The molecular formula is C13H9Cl2FN2O2. The van der Waals surface area contributed by atoms with Crippen LogP contribution in [0.15, 0.2) is 41.6 Å². The van der Waals surface area contributed by atoms with E-state index < -0.39 is 5.82 Å². The Kier molecular flexibility index (Phi) is 4.32. The number of nitrogens with two attached hydrogens (primary N) is 1. The second-order valence-corrected chi connectivity index (χ2v) is 4.65. The average molecular weight is 315 g/mol. The Morgan fingerprint density at radius 3 is 2.60 bits per heavy atom. The molecule has 0 fully saturated rings.